The fourth-order valence-corrected chi connectivity index (χ4v) is 3.14. The van der Waals surface area contributed by atoms with Gasteiger partial charge in [-0.05, 0) is 23.9 Å². The predicted octanol–water partition coefficient (Wildman–Crippen LogP) is 2.83. The largest absolute Gasteiger partial charge is 0.461 e. The minimum absolute atomic E-state index is 0.111. The van der Waals surface area contributed by atoms with E-state index in [0.717, 1.165) is 0 Å². The number of thioether (sulfide) groups is 1. The normalized spacial score (nSPS) is 12.2. The molecule has 4 rings (SSSR count). The van der Waals surface area contributed by atoms with E-state index in [2.05, 4.69) is 25.3 Å². The number of carbonyl (C=O) groups is 1. The van der Waals surface area contributed by atoms with Crippen LogP contribution in [0.2, 0.25) is 0 Å². The summed E-state index contributed by atoms with van der Waals surface area (Å²) in [6.07, 6.45) is 4.44. The first kappa shape index (κ1) is 15.3. The number of furan rings is 1. The van der Waals surface area contributed by atoms with Crippen LogP contribution in [0.3, 0.4) is 0 Å². The summed E-state index contributed by atoms with van der Waals surface area (Å²) in [5, 5.41) is 10.8. The average molecular weight is 352 g/mol. The maximum Gasteiger partial charge on any atom is 0.211 e. The summed E-state index contributed by atoms with van der Waals surface area (Å²) < 4.78 is 6.78. The molecule has 4 aromatic rings. The van der Waals surface area contributed by atoms with Crippen LogP contribution in [-0.2, 0) is 0 Å². The summed E-state index contributed by atoms with van der Waals surface area (Å²) in [5.41, 5.74) is 0.581. The van der Waals surface area contributed by atoms with Gasteiger partial charge in [-0.15, -0.1) is 5.10 Å². The molecule has 0 spiro atoms. The van der Waals surface area contributed by atoms with Crippen molar-refractivity contribution in [3.8, 4) is 11.6 Å². The summed E-state index contributed by atoms with van der Waals surface area (Å²) in [6.45, 7) is 0. The molecule has 0 aliphatic heterocycles. The zero-order valence-corrected chi connectivity index (χ0v) is 13.6. The molecule has 9 heteroatoms. The van der Waals surface area contributed by atoms with Crippen LogP contribution >= 0.6 is 11.8 Å². The molecule has 1 aromatic carbocycles. The maximum absolute atomic E-state index is 12.9. The number of hydrogen-bond donors (Lipinski definition) is 1. The van der Waals surface area contributed by atoms with E-state index in [9.17, 15) is 4.79 Å². The molecular formula is C16H12N6O2S. The van der Waals surface area contributed by atoms with Crippen molar-refractivity contribution in [2.45, 2.75) is 10.5 Å². The number of Topliss-reactive ketones (excluding diaryl/α,β-unsaturated/α-hetero) is 1. The lowest BCUT2D eigenvalue weighted by atomic mass is 10.1. The number of H-pyrrole nitrogens is 1. The number of aromatic nitrogens is 6. The van der Waals surface area contributed by atoms with Crippen LogP contribution < -0.4 is 0 Å². The highest BCUT2D eigenvalue weighted by molar-refractivity contribution is 7.99. The van der Waals surface area contributed by atoms with Crippen molar-refractivity contribution in [2.75, 3.05) is 0 Å². The minimum atomic E-state index is -0.662. The van der Waals surface area contributed by atoms with E-state index in [1.165, 1.54) is 29.1 Å². The molecule has 0 aliphatic carbocycles. The van der Waals surface area contributed by atoms with Crippen LogP contribution in [0.5, 0.6) is 0 Å². The molecule has 0 bridgehead atoms. The Labute approximate surface area is 146 Å². The van der Waals surface area contributed by atoms with E-state index in [4.69, 9.17) is 4.42 Å². The first-order valence-corrected chi connectivity index (χ1v) is 8.25. The highest BCUT2D eigenvalue weighted by Gasteiger charge is 2.26. The van der Waals surface area contributed by atoms with Crippen molar-refractivity contribution in [1.29, 1.82) is 0 Å². The fraction of sp³-hybridized carbons (Fsp3) is 0.0625. The number of nitrogens with zero attached hydrogens (tertiary/aromatic N) is 5. The number of benzene rings is 1. The zero-order chi connectivity index (χ0) is 17.1. The van der Waals surface area contributed by atoms with Crippen molar-refractivity contribution in [3.05, 3.63) is 66.9 Å². The zero-order valence-electron chi connectivity index (χ0n) is 12.8. The van der Waals surface area contributed by atoms with Crippen LogP contribution in [0.1, 0.15) is 15.7 Å². The standard InChI is InChI=1S/C16H12N6O2S/c23-13(11-5-2-1-3-6-11)15(22-10-17-9-18-22)25-16-19-14(20-21-16)12-7-4-8-24-12/h1-10,15H,(H,19,20,21)/t15-/m0/s1. The van der Waals surface area contributed by atoms with Crippen LogP contribution in [0.25, 0.3) is 11.6 Å². The Morgan fingerprint density at radius 1 is 1.20 bits per heavy atom. The molecule has 8 nitrogen and oxygen atoms in total. The Morgan fingerprint density at radius 2 is 2.08 bits per heavy atom. The van der Waals surface area contributed by atoms with E-state index in [0.29, 0.717) is 22.3 Å². The van der Waals surface area contributed by atoms with Gasteiger partial charge in [-0.3, -0.25) is 9.89 Å². The lowest BCUT2D eigenvalue weighted by Crippen LogP contribution is -2.17. The van der Waals surface area contributed by atoms with Gasteiger partial charge in [0.15, 0.2) is 22.7 Å². The van der Waals surface area contributed by atoms with E-state index in [1.807, 2.05) is 18.2 Å². The molecule has 3 aromatic heterocycles. The molecule has 3 heterocycles. The molecule has 0 unspecified atom stereocenters. The highest BCUT2D eigenvalue weighted by Crippen LogP contribution is 2.32. The third-order valence-corrected chi connectivity index (χ3v) is 4.44. The van der Waals surface area contributed by atoms with Crippen molar-refractivity contribution in [1.82, 2.24) is 29.9 Å². The van der Waals surface area contributed by atoms with Gasteiger partial charge in [-0.25, -0.2) is 9.67 Å². The van der Waals surface area contributed by atoms with Gasteiger partial charge >= 0.3 is 0 Å². The summed E-state index contributed by atoms with van der Waals surface area (Å²) in [6, 6.07) is 12.6. The first-order chi connectivity index (χ1) is 12.3. The summed E-state index contributed by atoms with van der Waals surface area (Å²) in [5.74, 6) is 0.962. The van der Waals surface area contributed by atoms with Gasteiger partial charge < -0.3 is 4.42 Å². The lowest BCUT2D eigenvalue weighted by Gasteiger charge is -2.13. The Hall–Kier alpha value is -3.20. The van der Waals surface area contributed by atoms with Gasteiger partial charge in [-0.2, -0.15) is 10.1 Å². The highest BCUT2D eigenvalue weighted by atomic mass is 32.2. The van der Waals surface area contributed by atoms with Gasteiger partial charge in [-0.1, -0.05) is 30.3 Å². The van der Waals surface area contributed by atoms with Crippen molar-refractivity contribution in [2.24, 2.45) is 0 Å². The Kier molecular flexibility index (Phi) is 4.13. The molecule has 0 amide bonds. The van der Waals surface area contributed by atoms with Crippen LogP contribution in [0.15, 0.2) is 71.0 Å². The Morgan fingerprint density at radius 3 is 2.80 bits per heavy atom. The molecular weight excluding hydrogens is 340 g/mol. The van der Waals surface area contributed by atoms with Gasteiger partial charge in [0.05, 0.1) is 6.26 Å². The number of aromatic amines is 1. The molecule has 0 aliphatic rings. The van der Waals surface area contributed by atoms with Gasteiger partial charge in [0, 0.05) is 5.56 Å². The fourth-order valence-electron chi connectivity index (χ4n) is 2.23. The number of nitrogens with one attached hydrogen (secondary N) is 1. The average Bonchev–Trinajstić information content (AvgIpc) is 3.42. The SMILES string of the molecule is O=C(c1ccccc1)[C@H](Sc1n[nH]c(-c2ccco2)n1)n1cncn1. The van der Waals surface area contributed by atoms with Gasteiger partial charge in [0.2, 0.25) is 5.16 Å². The smallest absolute Gasteiger partial charge is 0.211 e. The topological polar surface area (TPSA) is 102 Å². The summed E-state index contributed by atoms with van der Waals surface area (Å²) in [4.78, 5) is 21.2. The molecule has 0 fully saturated rings. The first-order valence-electron chi connectivity index (χ1n) is 7.37. The molecule has 0 saturated heterocycles. The van der Waals surface area contributed by atoms with Gasteiger partial charge in [0.25, 0.3) is 0 Å². The second-order valence-corrected chi connectivity index (χ2v) is 6.07. The molecule has 0 radical (unpaired) electrons. The monoisotopic (exact) mass is 352 g/mol. The number of hydrogen-bond acceptors (Lipinski definition) is 7. The number of carbonyl (C=O) groups excluding carboxylic acids is 1. The molecule has 1 atom stereocenters. The number of rotatable bonds is 6. The van der Waals surface area contributed by atoms with E-state index < -0.39 is 5.37 Å². The summed E-state index contributed by atoms with van der Waals surface area (Å²) in [7, 11) is 0. The quantitative estimate of drug-likeness (QED) is 0.420. The molecule has 25 heavy (non-hydrogen) atoms. The van der Waals surface area contributed by atoms with Crippen LogP contribution in [0, 0.1) is 0 Å². The van der Waals surface area contributed by atoms with Crippen LogP contribution in [-0.4, -0.2) is 35.7 Å². The second-order valence-electron chi connectivity index (χ2n) is 5.02. The minimum Gasteiger partial charge on any atom is -0.461 e. The summed E-state index contributed by atoms with van der Waals surface area (Å²) >= 11 is 1.18. The van der Waals surface area contributed by atoms with E-state index >= 15 is 0 Å². The molecule has 1 N–H and O–H groups in total. The third-order valence-electron chi connectivity index (χ3n) is 3.40. The van der Waals surface area contributed by atoms with Crippen molar-refractivity contribution in [3.63, 3.8) is 0 Å². The van der Waals surface area contributed by atoms with Gasteiger partial charge in [0.1, 0.15) is 12.7 Å². The number of ketones is 1. The predicted molar refractivity (Wildman–Crippen MR) is 89.8 cm³/mol. The van der Waals surface area contributed by atoms with Crippen molar-refractivity contribution >= 4 is 17.5 Å². The third kappa shape index (κ3) is 3.22. The Balaban J connectivity index is 1.62. The molecule has 124 valence electrons. The maximum atomic E-state index is 12.9. The van der Waals surface area contributed by atoms with Crippen molar-refractivity contribution < 1.29 is 9.21 Å². The second kappa shape index (κ2) is 6.73. The van der Waals surface area contributed by atoms with E-state index in [-0.39, 0.29) is 5.78 Å². The van der Waals surface area contributed by atoms with Crippen LogP contribution in [0.4, 0.5) is 0 Å². The molecule has 0 saturated carbocycles. The lowest BCUT2D eigenvalue weighted by molar-refractivity contribution is 0.0962. The Bertz CT molecular complexity index is 950. The van der Waals surface area contributed by atoms with E-state index in [1.54, 1.807) is 30.5 Å².